The minimum atomic E-state index is -1.02. The first-order valence-electron chi connectivity index (χ1n) is 8.45. The molecule has 27 heavy (non-hydrogen) atoms. The quantitative estimate of drug-likeness (QED) is 0.836. The van der Waals surface area contributed by atoms with Crippen molar-refractivity contribution in [1.29, 1.82) is 0 Å². The molecule has 0 spiro atoms. The van der Waals surface area contributed by atoms with Crippen molar-refractivity contribution in [2.45, 2.75) is 26.4 Å². The van der Waals surface area contributed by atoms with Crippen LogP contribution in [0, 0.1) is 23.4 Å². The van der Waals surface area contributed by atoms with E-state index in [1.165, 1.54) is 18.0 Å². The van der Waals surface area contributed by atoms with E-state index in [1.807, 2.05) is 0 Å². The van der Waals surface area contributed by atoms with Crippen LogP contribution in [0.4, 0.5) is 13.2 Å². The van der Waals surface area contributed by atoms with Gasteiger partial charge in [0.05, 0.1) is 0 Å². The van der Waals surface area contributed by atoms with Gasteiger partial charge in [-0.15, -0.1) is 0 Å². The highest BCUT2D eigenvalue weighted by atomic mass is 19.1. The molecule has 2 rings (SSSR count). The van der Waals surface area contributed by atoms with Crippen molar-refractivity contribution in [2.24, 2.45) is 5.92 Å². The molecule has 2 amide bonds. The number of hydrogen-bond donors (Lipinski definition) is 1. The summed E-state index contributed by atoms with van der Waals surface area (Å²) in [7, 11) is 1.47. The Bertz CT molecular complexity index is 819. The summed E-state index contributed by atoms with van der Waals surface area (Å²) in [6, 6.07) is 8.10. The maximum atomic E-state index is 13.8. The van der Waals surface area contributed by atoms with E-state index in [2.05, 4.69) is 5.32 Å². The second-order valence-electron chi connectivity index (χ2n) is 6.58. The highest BCUT2D eigenvalue weighted by Crippen LogP contribution is 2.15. The van der Waals surface area contributed by atoms with Gasteiger partial charge in [-0.25, -0.2) is 13.2 Å². The molecule has 0 aliphatic rings. The van der Waals surface area contributed by atoms with Crippen LogP contribution in [0.15, 0.2) is 42.5 Å². The van der Waals surface area contributed by atoms with Crippen LogP contribution >= 0.6 is 0 Å². The predicted octanol–water partition coefficient (Wildman–Crippen LogP) is 3.52. The standard InChI is InChI=1S/C20H21F3N2O2/c1-12(2)18(24-19(26)17-15(22)9-6-10-16(17)23)20(27)25(3)11-13-7-4-5-8-14(13)21/h4-10,12,18H,11H2,1-3H3,(H,24,26). The molecule has 4 nitrogen and oxygen atoms in total. The molecule has 144 valence electrons. The summed E-state index contributed by atoms with van der Waals surface area (Å²) in [6.45, 7) is 3.38. The van der Waals surface area contributed by atoms with Gasteiger partial charge in [-0.2, -0.15) is 0 Å². The number of hydrogen-bond acceptors (Lipinski definition) is 2. The monoisotopic (exact) mass is 378 g/mol. The lowest BCUT2D eigenvalue weighted by atomic mass is 10.0. The normalized spacial score (nSPS) is 12.0. The number of halogens is 3. The van der Waals surface area contributed by atoms with E-state index in [0.29, 0.717) is 5.56 Å². The third kappa shape index (κ3) is 4.87. The van der Waals surface area contributed by atoms with Gasteiger partial charge in [-0.1, -0.05) is 38.1 Å². The smallest absolute Gasteiger partial charge is 0.257 e. The molecule has 0 bridgehead atoms. The van der Waals surface area contributed by atoms with Crippen LogP contribution in [-0.2, 0) is 11.3 Å². The van der Waals surface area contributed by atoms with Gasteiger partial charge < -0.3 is 10.2 Å². The fraction of sp³-hybridized carbons (Fsp3) is 0.300. The molecule has 7 heteroatoms. The van der Waals surface area contributed by atoms with Crippen LogP contribution in [0.1, 0.15) is 29.8 Å². The Hall–Kier alpha value is -2.83. The van der Waals surface area contributed by atoms with Gasteiger partial charge >= 0.3 is 0 Å². The summed E-state index contributed by atoms with van der Waals surface area (Å²) < 4.78 is 41.4. The summed E-state index contributed by atoms with van der Waals surface area (Å²) in [6.07, 6.45) is 0. The number of rotatable bonds is 6. The molecular weight excluding hydrogens is 357 g/mol. The molecule has 0 saturated heterocycles. The zero-order chi connectivity index (χ0) is 20.1. The second kappa shape index (κ2) is 8.70. The number of nitrogens with zero attached hydrogens (tertiary/aromatic N) is 1. The van der Waals surface area contributed by atoms with Gasteiger partial charge in [0.1, 0.15) is 29.1 Å². The minimum absolute atomic E-state index is 0.00133. The van der Waals surface area contributed by atoms with E-state index in [9.17, 15) is 22.8 Å². The van der Waals surface area contributed by atoms with E-state index in [4.69, 9.17) is 0 Å². The molecule has 0 saturated carbocycles. The van der Waals surface area contributed by atoms with Crippen LogP contribution in [0.3, 0.4) is 0 Å². The van der Waals surface area contributed by atoms with E-state index >= 15 is 0 Å². The molecular formula is C20H21F3N2O2. The Labute approximate surface area is 156 Å². The van der Waals surface area contributed by atoms with Crippen LogP contribution in [0.25, 0.3) is 0 Å². The summed E-state index contributed by atoms with van der Waals surface area (Å²) in [5.41, 5.74) is -0.421. The summed E-state index contributed by atoms with van der Waals surface area (Å²) >= 11 is 0. The van der Waals surface area contributed by atoms with Crippen molar-refractivity contribution in [1.82, 2.24) is 10.2 Å². The molecule has 0 heterocycles. The number of amides is 2. The average molecular weight is 378 g/mol. The Morgan fingerprint density at radius 2 is 1.52 bits per heavy atom. The van der Waals surface area contributed by atoms with Crippen molar-refractivity contribution >= 4 is 11.8 Å². The van der Waals surface area contributed by atoms with Gasteiger partial charge in [-0.3, -0.25) is 9.59 Å². The fourth-order valence-electron chi connectivity index (χ4n) is 2.64. The predicted molar refractivity (Wildman–Crippen MR) is 95.3 cm³/mol. The molecule has 1 N–H and O–H groups in total. The molecule has 0 radical (unpaired) electrons. The molecule has 0 aliphatic heterocycles. The summed E-state index contributed by atoms with van der Waals surface area (Å²) in [4.78, 5) is 26.3. The van der Waals surface area contributed by atoms with Crippen molar-refractivity contribution in [2.75, 3.05) is 7.05 Å². The maximum Gasteiger partial charge on any atom is 0.257 e. The summed E-state index contributed by atoms with van der Waals surface area (Å²) in [5.74, 6) is -4.32. The number of benzene rings is 2. The zero-order valence-corrected chi connectivity index (χ0v) is 15.3. The fourth-order valence-corrected chi connectivity index (χ4v) is 2.64. The Morgan fingerprint density at radius 1 is 0.963 bits per heavy atom. The van der Waals surface area contributed by atoms with Crippen molar-refractivity contribution in [3.8, 4) is 0 Å². The second-order valence-corrected chi connectivity index (χ2v) is 6.58. The Kier molecular flexibility index (Phi) is 6.60. The first-order valence-corrected chi connectivity index (χ1v) is 8.45. The largest absolute Gasteiger partial charge is 0.340 e. The van der Waals surface area contributed by atoms with Crippen LogP contribution < -0.4 is 5.32 Å². The lowest BCUT2D eigenvalue weighted by Gasteiger charge is -2.27. The number of carbonyl (C=O) groups is 2. The van der Waals surface area contributed by atoms with Crippen molar-refractivity contribution in [3.63, 3.8) is 0 Å². The van der Waals surface area contributed by atoms with Gasteiger partial charge in [-0.05, 0) is 24.1 Å². The number of nitrogens with one attached hydrogen (secondary N) is 1. The molecule has 0 aromatic heterocycles. The van der Waals surface area contributed by atoms with Crippen LogP contribution in [0.5, 0.6) is 0 Å². The van der Waals surface area contributed by atoms with Crippen LogP contribution in [-0.4, -0.2) is 29.8 Å². The first kappa shape index (κ1) is 20.5. The molecule has 2 aromatic carbocycles. The topological polar surface area (TPSA) is 49.4 Å². The number of carbonyl (C=O) groups excluding carboxylic acids is 2. The highest BCUT2D eigenvalue weighted by molar-refractivity contribution is 5.98. The van der Waals surface area contributed by atoms with Crippen molar-refractivity contribution in [3.05, 3.63) is 71.0 Å². The third-order valence-electron chi connectivity index (χ3n) is 4.15. The van der Waals surface area contributed by atoms with Crippen molar-refractivity contribution < 1.29 is 22.8 Å². The zero-order valence-electron chi connectivity index (χ0n) is 15.3. The van der Waals surface area contributed by atoms with E-state index < -0.39 is 40.9 Å². The molecule has 0 fully saturated rings. The maximum absolute atomic E-state index is 13.8. The highest BCUT2D eigenvalue weighted by Gasteiger charge is 2.29. The summed E-state index contributed by atoms with van der Waals surface area (Å²) in [5, 5.41) is 2.39. The number of likely N-dealkylation sites (N-methyl/N-ethyl adjacent to an activating group) is 1. The van der Waals surface area contributed by atoms with Gasteiger partial charge in [0.2, 0.25) is 5.91 Å². The van der Waals surface area contributed by atoms with E-state index in [1.54, 1.807) is 32.0 Å². The van der Waals surface area contributed by atoms with Gasteiger partial charge in [0.25, 0.3) is 5.91 Å². The van der Waals surface area contributed by atoms with E-state index in [-0.39, 0.29) is 12.5 Å². The van der Waals surface area contributed by atoms with Gasteiger partial charge in [0, 0.05) is 19.2 Å². The minimum Gasteiger partial charge on any atom is -0.340 e. The molecule has 1 unspecified atom stereocenters. The van der Waals surface area contributed by atoms with E-state index in [0.717, 1.165) is 18.2 Å². The molecule has 0 aliphatic carbocycles. The SMILES string of the molecule is CC(C)C(NC(=O)c1c(F)cccc1F)C(=O)N(C)Cc1ccccc1F. The van der Waals surface area contributed by atoms with Crippen LogP contribution in [0.2, 0.25) is 0 Å². The lowest BCUT2D eigenvalue weighted by molar-refractivity contribution is -0.133. The third-order valence-corrected chi connectivity index (χ3v) is 4.15. The Morgan fingerprint density at radius 3 is 2.07 bits per heavy atom. The average Bonchev–Trinajstić information content (AvgIpc) is 2.60. The first-order chi connectivity index (χ1) is 12.7. The Balaban J connectivity index is 2.17. The molecule has 1 atom stereocenters. The molecule has 2 aromatic rings. The lowest BCUT2D eigenvalue weighted by Crippen LogP contribution is -2.50. The van der Waals surface area contributed by atoms with Gasteiger partial charge in [0.15, 0.2) is 0 Å².